The van der Waals surface area contributed by atoms with Crippen molar-refractivity contribution in [2.75, 3.05) is 5.32 Å². The molecule has 0 spiro atoms. The Morgan fingerprint density at radius 2 is 1.85 bits per heavy atom. The van der Waals surface area contributed by atoms with Gasteiger partial charge in [-0.25, -0.2) is 4.79 Å². The van der Waals surface area contributed by atoms with Crippen LogP contribution in [0.3, 0.4) is 0 Å². The molecule has 1 saturated carbocycles. The van der Waals surface area contributed by atoms with Gasteiger partial charge in [-0.3, -0.25) is 0 Å². The minimum atomic E-state index is -0.245. The van der Waals surface area contributed by atoms with Crippen LogP contribution in [0.15, 0.2) is 59.1 Å². The van der Waals surface area contributed by atoms with Crippen LogP contribution in [0.1, 0.15) is 41.6 Å². The first kappa shape index (κ1) is 16.3. The summed E-state index contributed by atoms with van der Waals surface area (Å²) in [5.74, 6) is 1.83. The summed E-state index contributed by atoms with van der Waals surface area (Å²) in [5, 5.41) is 9.81. The van der Waals surface area contributed by atoms with Gasteiger partial charge in [0.15, 0.2) is 5.82 Å². The van der Waals surface area contributed by atoms with Gasteiger partial charge in [-0.05, 0) is 30.0 Å². The van der Waals surface area contributed by atoms with Crippen molar-refractivity contribution < 1.29 is 9.32 Å². The Hall–Kier alpha value is -3.15. The first-order valence-corrected chi connectivity index (χ1v) is 8.77. The largest absolute Gasteiger partial charge is 0.339 e. The second kappa shape index (κ2) is 7.39. The smallest absolute Gasteiger partial charge is 0.319 e. The van der Waals surface area contributed by atoms with Crippen LogP contribution >= 0.6 is 0 Å². The molecule has 2 amide bonds. The molecule has 3 aromatic rings. The molecule has 0 saturated heterocycles. The topological polar surface area (TPSA) is 80.0 Å². The summed E-state index contributed by atoms with van der Waals surface area (Å²) >= 11 is 0. The number of benzene rings is 2. The van der Waals surface area contributed by atoms with E-state index < -0.39 is 0 Å². The standard InChI is InChI=1S/C20H20N4O2/c25-20(21-13-14-6-2-1-3-7-14)22-17-9-5-4-8-16(17)12-18-23-19(24-26-18)15-10-11-15/h1-9,15H,10-13H2,(H2,21,22,25). The quantitative estimate of drug-likeness (QED) is 0.709. The van der Waals surface area contributed by atoms with Gasteiger partial charge < -0.3 is 15.2 Å². The molecule has 1 aliphatic rings. The van der Waals surface area contributed by atoms with Gasteiger partial charge in [-0.1, -0.05) is 53.7 Å². The van der Waals surface area contributed by atoms with Crippen LogP contribution in [-0.4, -0.2) is 16.2 Å². The van der Waals surface area contributed by atoms with Crippen molar-refractivity contribution in [3.05, 3.63) is 77.4 Å². The maximum Gasteiger partial charge on any atom is 0.319 e. The molecule has 1 aliphatic carbocycles. The highest BCUT2D eigenvalue weighted by atomic mass is 16.5. The maximum absolute atomic E-state index is 12.2. The average Bonchev–Trinajstić information content (AvgIpc) is 3.42. The Kier molecular flexibility index (Phi) is 4.64. The molecular weight excluding hydrogens is 328 g/mol. The van der Waals surface area contributed by atoms with E-state index in [1.165, 1.54) is 0 Å². The number of amides is 2. The maximum atomic E-state index is 12.2. The van der Waals surface area contributed by atoms with E-state index in [0.717, 1.165) is 35.5 Å². The SMILES string of the molecule is O=C(NCc1ccccc1)Nc1ccccc1Cc1nc(C2CC2)no1. The number of urea groups is 1. The summed E-state index contributed by atoms with van der Waals surface area (Å²) in [6, 6.07) is 17.2. The second-order valence-corrected chi connectivity index (χ2v) is 6.45. The molecule has 0 atom stereocenters. The fourth-order valence-corrected chi connectivity index (χ4v) is 2.75. The Morgan fingerprint density at radius 3 is 2.65 bits per heavy atom. The third kappa shape index (κ3) is 4.08. The van der Waals surface area contributed by atoms with Crippen LogP contribution < -0.4 is 10.6 Å². The zero-order chi connectivity index (χ0) is 17.8. The number of aromatic nitrogens is 2. The van der Waals surface area contributed by atoms with Crippen LogP contribution in [0.25, 0.3) is 0 Å². The summed E-state index contributed by atoms with van der Waals surface area (Å²) < 4.78 is 5.35. The highest BCUT2D eigenvalue weighted by Gasteiger charge is 2.28. The molecule has 1 heterocycles. The van der Waals surface area contributed by atoms with Gasteiger partial charge in [0.1, 0.15) is 0 Å². The summed E-state index contributed by atoms with van der Waals surface area (Å²) in [7, 11) is 0. The predicted octanol–water partition coefficient (Wildman–Crippen LogP) is 3.86. The molecule has 132 valence electrons. The summed E-state index contributed by atoms with van der Waals surface area (Å²) in [5.41, 5.74) is 2.73. The number of nitrogens with zero attached hydrogens (tertiary/aromatic N) is 2. The summed E-state index contributed by atoms with van der Waals surface area (Å²) in [6.07, 6.45) is 2.77. The zero-order valence-electron chi connectivity index (χ0n) is 14.3. The lowest BCUT2D eigenvalue weighted by atomic mass is 10.1. The molecule has 0 aliphatic heterocycles. The Labute approximate surface area is 151 Å². The van der Waals surface area contributed by atoms with Crippen molar-refractivity contribution in [2.45, 2.75) is 31.7 Å². The normalized spacial score (nSPS) is 13.4. The van der Waals surface area contributed by atoms with Crippen molar-refractivity contribution in [3.8, 4) is 0 Å². The van der Waals surface area contributed by atoms with Crippen LogP contribution in [0.2, 0.25) is 0 Å². The van der Waals surface area contributed by atoms with Crippen molar-refractivity contribution in [1.82, 2.24) is 15.5 Å². The van der Waals surface area contributed by atoms with E-state index in [1.807, 2.05) is 54.6 Å². The first-order valence-electron chi connectivity index (χ1n) is 8.77. The molecule has 26 heavy (non-hydrogen) atoms. The number of carbonyl (C=O) groups is 1. The number of nitrogens with one attached hydrogen (secondary N) is 2. The highest BCUT2D eigenvalue weighted by Crippen LogP contribution is 2.38. The van der Waals surface area contributed by atoms with Crippen molar-refractivity contribution in [1.29, 1.82) is 0 Å². The van der Waals surface area contributed by atoms with E-state index in [0.29, 0.717) is 24.8 Å². The third-order valence-corrected chi connectivity index (χ3v) is 4.33. The van der Waals surface area contributed by atoms with Gasteiger partial charge in [0.2, 0.25) is 5.89 Å². The van der Waals surface area contributed by atoms with Gasteiger partial charge in [0.05, 0.1) is 6.42 Å². The number of rotatable bonds is 6. The molecule has 6 nitrogen and oxygen atoms in total. The van der Waals surface area contributed by atoms with Crippen LogP contribution in [0, 0.1) is 0 Å². The van der Waals surface area contributed by atoms with E-state index in [4.69, 9.17) is 4.52 Å². The third-order valence-electron chi connectivity index (χ3n) is 4.33. The van der Waals surface area contributed by atoms with Crippen molar-refractivity contribution in [3.63, 3.8) is 0 Å². The van der Waals surface area contributed by atoms with E-state index in [2.05, 4.69) is 20.8 Å². The van der Waals surface area contributed by atoms with E-state index in [1.54, 1.807) is 0 Å². The van der Waals surface area contributed by atoms with Gasteiger partial charge >= 0.3 is 6.03 Å². The molecule has 1 fully saturated rings. The molecule has 1 aromatic heterocycles. The molecule has 4 rings (SSSR count). The fourth-order valence-electron chi connectivity index (χ4n) is 2.75. The first-order chi connectivity index (χ1) is 12.8. The Bertz CT molecular complexity index is 888. The average molecular weight is 348 g/mol. The van der Waals surface area contributed by atoms with E-state index >= 15 is 0 Å². The van der Waals surface area contributed by atoms with Crippen LogP contribution in [-0.2, 0) is 13.0 Å². The lowest BCUT2D eigenvalue weighted by molar-refractivity contribution is 0.251. The van der Waals surface area contributed by atoms with Gasteiger partial charge in [0, 0.05) is 18.2 Å². The zero-order valence-corrected chi connectivity index (χ0v) is 14.3. The lowest BCUT2D eigenvalue weighted by Crippen LogP contribution is -2.28. The van der Waals surface area contributed by atoms with Gasteiger partial charge in [-0.15, -0.1) is 0 Å². The minimum Gasteiger partial charge on any atom is -0.339 e. The monoisotopic (exact) mass is 348 g/mol. The number of hydrogen-bond acceptors (Lipinski definition) is 4. The number of carbonyl (C=O) groups excluding carboxylic acids is 1. The second-order valence-electron chi connectivity index (χ2n) is 6.45. The Morgan fingerprint density at radius 1 is 1.08 bits per heavy atom. The van der Waals surface area contributed by atoms with E-state index in [9.17, 15) is 4.79 Å². The van der Waals surface area contributed by atoms with Crippen molar-refractivity contribution >= 4 is 11.7 Å². The van der Waals surface area contributed by atoms with Crippen LogP contribution in [0.5, 0.6) is 0 Å². The highest BCUT2D eigenvalue weighted by molar-refractivity contribution is 5.90. The predicted molar refractivity (Wildman–Crippen MR) is 97.8 cm³/mol. The summed E-state index contributed by atoms with van der Waals surface area (Å²) in [4.78, 5) is 16.7. The summed E-state index contributed by atoms with van der Waals surface area (Å²) in [6.45, 7) is 0.475. The molecule has 0 unspecified atom stereocenters. The van der Waals surface area contributed by atoms with Crippen molar-refractivity contribution in [2.24, 2.45) is 0 Å². The molecule has 2 N–H and O–H groups in total. The van der Waals surface area contributed by atoms with Crippen LogP contribution in [0.4, 0.5) is 10.5 Å². The number of hydrogen-bond donors (Lipinski definition) is 2. The number of para-hydroxylation sites is 1. The Balaban J connectivity index is 1.39. The minimum absolute atomic E-state index is 0.245. The van der Waals surface area contributed by atoms with E-state index in [-0.39, 0.29) is 6.03 Å². The molecule has 0 radical (unpaired) electrons. The molecule has 6 heteroatoms. The fraction of sp³-hybridized carbons (Fsp3) is 0.250. The molecule has 2 aromatic carbocycles. The lowest BCUT2D eigenvalue weighted by Gasteiger charge is -2.11. The molecule has 0 bridgehead atoms. The number of anilines is 1. The molecular formula is C20H20N4O2. The van der Waals surface area contributed by atoms with Gasteiger partial charge in [0.25, 0.3) is 0 Å². The van der Waals surface area contributed by atoms with Gasteiger partial charge in [-0.2, -0.15) is 4.98 Å².